The molecule has 1 aromatic carbocycles. The Balaban J connectivity index is 1.87. The molecule has 4 nitrogen and oxygen atoms in total. The largest absolute Gasteiger partial charge is 0.307 e. The van der Waals surface area contributed by atoms with E-state index in [2.05, 4.69) is 36.4 Å². The van der Waals surface area contributed by atoms with E-state index >= 15 is 0 Å². The van der Waals surface area contributed by atoms with E-state index in [9.17, 15) is 4.39 Å². The highest BCUT2D eigenvalue weighted by Crippen LogP contribution is 2.25. The van der Waals surface area contributed by atoms with Crippen LogP contribution in [0.3, 0.4) is 0 Å². The fraction of sp³-hybridized carbons (Fsp3) is 0.385. The van der Waals surface area contributed by atoms with Crippen LogP contribution in [0.4, 0.5) is 4.39 Å². The standard InChI is InChI=1S/C13H14BrFN4/c14-9-5-8(6-10(15)7-9)12-17-13(19-18-12)11-3-1-2-4-16-11/h5-7,11,16H,1-4H2,(H,17,18,19). The molecule has 3 rings (SSSR count). The van der Waals surface area contributed by atoms with Crippen LogP contribution >= 0.6 is 15.9 Å². The fourth-order valence-electron chi connectivity index (χ4n) is 2.33. The molecular formula is C13H14BrFN4. The summed E-state index contributed by atoms with van der Waals surface area (Å²) >= 11 is 3.28. The molecule has 1 aromatic heterocycles. The highest BCUT2D eigenvalue weighted by molar-refractivity contribution is 9.10. The topological polar surface area (TPSA) is 53.6 Å². The predicted molar refractivity (Wildman–Crippen MR) is 74.1 cm³/mol. The molecule has 19 heavy (non-hydrogen) atoms. The number of H-pyrrole nitrogens is 1. The van der Waals surface area contributed by atoms with Crippen LogP contribution < -0.4 is 5.32 Å². The molecule has 0 spiro atoms. The van der Waals surface area contributed by atoms with Crippen LogP contribution in [0.25, 0.3) is 11.4 Å². The Morgan fingerprint density at radius 1 is 1.26 bits per heavy atom. The molecule has 1 unspecified atom stereocenters. The van der Waals surface area contributed by atoms with Gasteiger partial charge in [0.15, 0.2) is 5.82 Å². The van der Waals surface area contributed by atoms with Gasteiger partial charge in [-0.15, -0.1) is 0 Å². The van der Waals surface area contributed by atoms with Crippen LogP contribution in [-0.4, -0.2) is 21.7 Å². The zero-order valence-corrected chi connectivity index (χ0v) is 11.9. The minimum absolute atomic E-state index is 0.229. The average Bonchev–Trinajstić information content (AvgIpc) is 2.88. The molecule has 0 bridgehead atoms. The molecular weight excluding hydrogens is 311 g/mol. The van der Waals surface area contributed by atoms with E-state index in [4.69, 9.17) is 0 Å². The fourth-order valence-corrected chi connectivity index (χ4v) is 2.79. The highest BCUT2D eigenvalue weighted by atomic mass is 79.9. The van der Waals surface area contributed by atoms with Gasteiger partial charge in [-0.1, -0.05) is 22.4 Å². The number of aromatic amines is 1. The lowest BCUT2D eigenvalue weighted by Crippen LogP contribution is -2.27. The number of rotatable bonds is 2. The number of aromatic nitrogens is 3. The van der Waals surface area contributed by atoms with E-state index in [0.29, 0.717) is 15.9 Å². The van der Waals surface area contributed by atoms with Crippen LogP contribution in [0.2, 0.25) is 0 Å². The number of nitrogens with zero attached hydrogens (tertiary/aromatic N) is 2. The third kappa shape index (κ3) is 2.84. The normalized spacial score (nSPS) is 19.6. The predicted octanol–water partition coefficient (Wildman–Crippen LogP) is 3.19. The highest BCUT2D eigenvalue weighted by Gasteiger charge is 2.19. The van der Waals surface area contributed by atoms with E-state index in [1.165, 1.54) is 25.0 Å². The third-order valence-electron chi connectivity index (χ3n) is 3.26. The van der Waals surface area contributed by atoms with Crippen molar-refractivity contribution in [1.29, 1.82) is 0 Å². The van der Waals surface area contributed by atoms with E-state index in [-0.39, 0.29) is 11.9 Å². The number of benzene rings is 1. The molecule has 2 N–H and O–H groups in total. The average molecular weight is 325 g/mol. The summed E-state index contributed by atoms with van der Waals surface area (Å²) in [4.78, 5) is 4.47. The van der Waals surface area contributed by atoms with Crippen molar-refractivity contribution in [2.45, 2.75) is 25.3 Å². The number of hydrogen-bond donors (Lipinski definition) is 2. The Kier molecular flexibility index (Phi) is 3.61. The van der Waals surface area contributed by atoms with Crippen molar-refractivity contribution in [3.05, 3.63) is 34.3 Å². The van der Waals surface area contributed by atoms with E-state index < -0.39 is 0 Å². The van der Waals surface area contributed by atoms with Crippen LogP contribution in [0.1, 0.15) is 31.1 Å². The van der Waals surface area contributed by atoms with Crippen LogP contribution in [0, 0.1) is 5.82 Å². The van der Waals surface area contributed by atoms with Crippen LogP contribution in [-0.2, 0) is 0 Å². The first kappa shape index (κ1) is 12.7. The molecule has 0 radical (unpaired) electrons. The molecule has 100 valence electrons. The summed E-state index contributed by atoms with van der Waals surface area (Å²) in [6.07, 6.45) is 3.45. The van der Waals surface area contributed by atoms with Crippen molar-refractivity contribution in [3.8, 4) is 11.4 Å². The minimum Gasteiger partial charge on any atom is -0.307 e. The van der Waals surface area contributed by atoms with E-state index in [1.807, 2.05) is 6.07 Å². The summed E-state index contributed by atoms with van der Waals surface area (Å²) in [6.45, 7) is 1.01. The van der Waals surface area contributed by atoms with Crippen molar-refractivity contribution >= 4 is 15.9 Å². The second-order valence-electron chi connectivity index (χ2n) is 4.70. The molecule has 2 heterocycles. The van der Waals surface area contributed by atoms with Crippen LogP contribution in [0.15, 0.2) is 22.7 Å². The minimum atomic E-state index is -0.300. The number of nitrogens with one attached hydrogen (secondary N) is 2. The first-order chi connectivity index (χ1) is 9.22. The Labute approximate surface area is 119 Å². The molecule has 2 aromatic rings. The van der Waals surface area contributed by atoms with Gasteiger partial charge >= 0.3 is 0 Å². The smallest absolute Gasteiger partial charge is 0.181 e. The van der Waals surface area contributed by atoms with E-state index in [1.54, 1.807) is 0 Å². The molecule has 1 aliphatic rings. The van der Waals surface area contributed by atoms with Gasteiger partial charge in [0.05, 0.1) is 6.04 Å². The SMILES string of the molecule is Fc1cc(Br)cc(-c2n[nH]c(C3CCCCN3)n2)c1. The van der Waals surface area contributed by atoms with Gasteiger partial charge in [-0.25, -0.2) is 9.37 Å². The maximum Gasteiger partial charge on any atom is 0.181 e. The van der Waals surface area contributed by atoms with Gasteiger partial charge < -0.3 is 5.32 Å². The van der Waals surface area contributed by atoms with Crippen molar-refractivity contribution in [3.63, 3.8) is 0 Å². The first-order valence-electron chi connectivity index (χ1n) is 6.34. The molecule has 0 aliphatic carbocycles. The van der Waals surface area contributed by atoms with Crippen LogP contribution in [0.5, 0.6) is 0 Å². The summed E-state index contributed by atoms with van der Waals surface area (Å²) in [7, 11) is 0. The number of hydrogen-bond acceptors (Lipinski definition) is 3. The van der Waals surface area contributed by atoms with Gasteiger partial charge in [-0.05, 0) is 37.6 Å². The molecule has 1 atom stereocenters. The van der Waals surface area contributed by atoms with Gasteiger partial charge in [-0.2, -0.15) is 5.10 Å². The first-order valence-corrected chi connectivity index (χ1v) is 7.14. The van der Waals surface area contributed by atoms with E-state index in [0.717, 1.165) is 18.8 Å². The Hall–Kier alpha value is -1.27. The second kappa shape index (κ2) is 5.38. The van der Waals surface area contributed by atoms with Gasteiger partial charge in [0, 0.05) is 10.0 Å². The van der Waals surface area contributed by atoms with Gasteiger partial charge in [0.1, 0.15) is 11.6 Å². The van der Waals surface area contributed by atoms with Crippen molar-refractivity contribution in [2.24, 2.45) is 0 Å². The maximum atomic E-state index is 13.4. The monoisotopic (exact) mass is 324 g/mol. The summed E-state index contributed by atoms with van der Waals surface area (Å²) in [6, 6.07) is 4.89. The van der Waals surface area contributed by atoms with Gasteiger partial charge in [0.2, 0.25) is 0 Å². The zero-order chi connectivity index (χ0) is 13.2. The molecule has 6 heteroatoms. The summed E-state index contributed by atoms with van der Waals surface area (Å²) < 4.78 is 14.1. The third-order valence-corrected chi connectivity index (χ3v) is 3.72. The molecule has 0 saturated carbocycles. The second-order valence-corrected chi connectivity index (χ2v) is 5.62. The molecule has 1 aliphatic heterocycles. The van der Waals surface area contributed by atoms with Crippen molar-refractivity contribution < 1.29 is 4.39 Å². The Morgan fingerprint density at radius 3 is 2.89 bits per heavy atom. The Bertz CT molecular complexity index is 558. The number of piperidine rings is 1. The lowest BCUT2D eigenvalue weighted by Gasteiger charge is -2.20. The zero-order valence-electron chi connectivity index (χ0n) is 10.3. The molecule has 1 saturated heterocycles. The summed E-state index contributed by atoms with van der Waals surface area (Å²) in [5.74, 6) is 1.06. The summed E-state index contributed by atoms with van der Waals surface area (Å²) in [5, 5.41) is 10.5. The van der Waals surface area contributed by atoms with Gasteiger partial charge in [0.25, 0.3) is 0 Å². The lowest BCUT2D eigenvalue weighted by molar-refractivity contribution is 0.398. The van der Waals surface area contributed by atoms with Gasteiger partial charge in [-0.3, -0.25) is 5.10 Å². The quantitative estimate of drug-likeness (QED) is 0.892. The molecule has 0 amide bonds. The number of halogens is 2. The Morgan fingerprint density at radius 2 is 2.16 bits per heavy atom. The van der Waals surface area contributed by atoms with Crippen molar-refractivity contribution in [2.75, 3.05) is 6.54 Å². The lowest BCUT2D eigenvalue weighted by atomic mass is 10.0. The summed E-state index contributed by atoms with van der Waals surface area (Å²) in [5.41, 5.74) is 0.671. The maximum absolute atomic E-state index is 13.4. The van der Waals surface area contributed by atoms with Crippen molar-refractivity contribution in [1.82, 2.24) is 20.5 Å². The molecule has 1 fully saturated rings.